The lowest BCUT2D eigenvalue weighted by Crippen LogP contribution is -2.51. The van der Waals surface area contributed by atoms with Crippen LogP contribution in [0.25, 0.3) is 0 Å². The highest BCUT2D eigenvalue weighted by Crippen LogP contribution is 2.19. The van der Waals surface area contributed by atoms with Gasteiger partial charge in [0.2, 0.25) is 0 Å². The maximum absolute atomic E-state index is 12.4. The molecule has 2 rings (SSSR count). The first-order chi connectivity index (χ1) is 9.76. The molecule has 1 aromatic rings. The Morgan fingerprint density at radius 1 is 1.14 bits per heavy atom. The van der Waals surface area contributed by atoms with Crippen LogP contribution < -0.4 is 0 Å². The van der Waals surface area contributed by atoms with Gasteiger partial charge in [0.25, 0.3) is 5.91 Å². The van der Waals surface area contributed by atoms with E-state index in [0.717, 1.165) is 11.1 Å². The number of alkyl halides is 3. The molecule has 0 saturated carbocycles. The molecule has 1 saturated heterocycles. The molecule has 0 aromatic heterocycles. The van der Waals surface area contributed by atoms with Gasteiger partial charge >= 0.3 is 6.18 Å². The molecule has 3 nitrogen and oxygen atoms in total. The quantitative estimate of drug-likeness (QED) is 0.838. The molecule has 0 bridgehead atoms. The highest BCUT2D eigenvalue weighted by Gasteiger charge is 2.33. The van der Waals surface area contributed by atoms with E-state index >= 15 is 0 Å². The number of rotatable bonds is 2. The number of halogens is 3. The average molecular weight is 300 g/mol. The molecule has 1 fully saturated rings. The fraction of sp³-hybridized carbons (Fsp3) is 0.533. The Labute approximate surface area is 122 Å². The van der Waals surface area contributed by atoms with Gasteiger partial charge in [0.05, 0.1) is 6.54 Å². The molecule has 116 valence electrons. The van der Waals surface area contributed by atoms with Crippen LogP contribution in [0.4, 0.5) is 13.2 Å². The van der Waals surface area contributed by atoms with Crippen molar-refractivity contribution in [3.8, 4) is 0 Å². The van der Waals surface area contributed by atoms with E-state index in [-0.39, 0.29) is 19.0 Å². The van der Waals surface area contributed by atoms with Crippen LogP contribution in [0.5, 0.6) is 0 Å². The Balaban J connectivity index is 1.97. The van der Waals surface area contributed by atoms with E-state index in [4.69, 9.17) is 0 Å². The summed E-state index contributed by atoms with van der Waals surface area (Å²) in [6, 6.07) is 5.60. The van der Waals surface area contributed by atoms with Gasteiger partial charge in [-0.15, -0.1) is 0 Å². The first kappa shape index (κ1) is 15.8. The topological polar surface area (TPSA) is 23.6 Å². The van der Waals surface area contributed by atoms with Gasteiger partial charge < -0.3 is 4.90 Å². The third-order valence-corrected chi connectivity index (χ3v) is 3.67. The minimum atomic E-state index is -4.18. The molecule has 1 aliphatic heterocycles. The molecule has 1 heterocycles. The van der Waals surface area contributed by atoms with Crippen molar-refractivity contribution in [1.82, 2.24) is 9.80 Å². The van der Waals surface area contributed by atoms with Crippen molar-refractivity contribution in [2.45, 2.75) is 20.0 Å². The maximum atomic E-state index is 12.4. The second kappa shape index (κ2) is 6.05. The zero-order valence-electron chi connectivity index (χ0n) is 12.2. The van der Waals surface area contributed by atoms with E-state index < -0.39 is 12.7 Å². The van der Waals surface area contributed by atoms with Crippen molar-refractivity contribution in [3.63, 3.8) is 0 Å². The highest BCUT2D eigenvalue weighted by atomic mass is 19.4. The number of carbonyl (C=O) groups excluding carboxylic acids is 1. The minimum Gasteiger partial charge on any atom is -0.336 e. The summed E-state index contributed by atoms with van der Waals surface area (Å²) >= 11 is 0. The van der Waals surface area contributed by atoms with E-state index in [0.29, 0.717) is 18.7 Å². The molecule has 0 radical (unpaired) electrons. The van der Waals surface area contributed by atoms with Gasteiger partial charge in [-0.25, -0.2) is 0 Å². The van der Waals surface area contributed by atoms with Gasteiger partial charge in [-0.2, -0.15) is 13.2 Å². The van der Waals surface area contributed by atoms with Crippen LogP contribution in [0.15, 0.2) is 18.2 Å². The Kier molecular flexibility index (Phi) is 4.56. The standard InChI is InChI=1S/C15H19F3N2O/c1-11-3-4-13(12(2)9-11)14(21)20-7-5-19(6-8-20)10-15(16,17)18/h3-4,9H,5-8,10H2,1-2H3. The summed E-state index contributed by atoms with van der Waals surface area (Å²) in [5, 5.41) is 0. The van der Waals surface area contributed by atoms with Gasteiger partial charge in [-0.3, -0.25) is 9.69 Å². The number of nitrogens with zero attached hydrogens (tertiary/aromatic N) is 2. The Morgan fingerprint density at radius 2 is 1.76 bits per heavy atom. The van der Waals surface area contributed by atoms with Crippen LogP contribution in [-0.4, -0.2) is 54.6 Å². The zero-order valence-corrected chi connectivity index (χ0v) is 12.2. The number of amides is 1. The van der Waals surface area contributed by atoms with Gasteiger partial charge in [-0.05, 0) is 25.5 Å². The largest absolute Gasteiger partial charge is 0.401 e. The molecule has 21 heavy (non-hydrogen) atoms. The van der Waals surface area contributed by atoms with Crippen molar-refractivity contribution >= 4 is 5.91 Å². The summed E-state index contributed by atoms with van der Waals surface area (Å²) in [6.45, 7) is 4.12. The second-order valence-electron chi connectivity index (χ2n) is 5.50. The highest BCUT2D eigenvalue weighted by molar-refractivity contribution is 5.95. The van der Waals surface area contributed by atoms with Crippen LogP contribution in [0.1, 0.15) is 21.5 Å². The number of aryl methyl sites for hydroxylation is 2. The molecule has 1 aromatic carbocycles. The van der Waals surface area contributed by atoms with E-state index in [9.17, 15) is 18.0 Å². The summed E-state index contributed by atoms with van der Waals surface area (Å²) in [5.74, 6) is -0.0980. The van der Waals surface area contributed by atoms with Gasteiger partial charge in [0.1, 0.15) is 0 Å². The van der Waals surface area contributed by atoms with Gasteiger partial charge in [-0.1, -0.05) is 17.7 Å². The molecule has 0 atom stereocenters. The van der Waals surface area contributed by atoms with Crippen LogP contribution in [0, 0.1) is 13.8 Å². The van der Waals surface area contributed by atoms with E-state index in [1.165, 1.54) is 4.90 Å². The van der Waals surface area contributed by atoms with E-state index in [1.807, 2.05) is 26.0 Å². The molecule has 0 aliphatic carbocycles. The smallest absolute Gasteiger partial charge is 0.336 e. The molecule has 6 heteroatoms. The SMILES string of the molecule is Cc1ccc(C(=O)N2CCN(CC(F)(F)F)CC2)c(C)c1. The Bertz CT molecular complexity index is 520. The van der Waals surface area contributed by atoms with Crippen molar-refractivity contribution in [2.24, 2.45) is 0 Å². The summed E-state index contributed by atoms with van der Waals surface area (Å²) in [6.07, 6.45) is -4.18. The van der Waals surface area contributed by atoms with Crippen molar-refractivity contribution in [3.05, 3.63) is 34.9 Å². The van der Waals surface area contributed by atoms with Gasteiger partial charge in [0, 0.05) is 31.7 Å². The lowest BCUT2D eigenvalue weighted by Gasteiger charge is -2.35. The molecular formula is C15H19F3N2O. The van der Waals surface area contributed by atoms with Crippen LogP contribution in [0.3, 0.4) is 0 Å². The maximum Gasteiger partial charge on any atom is 0.401 e. The number of piperazine rings is 1. The van der Waals surface area contributed by atoms with E-state index in [1.54, 1.807) is 11.0 Å². The summed E-state index contributed by atoms with van der Waals surface area (Å²) < 4.78 is 37.0. The van der Waals surface area contributed by atoms with E-state index in [2.05, 4.69) is 0 Å². The monoisotopic (exact) mass is 300 g/mol. The molecule has 0 unspecified atom stereocenters. The normalized spacial score (nSPS) is 17.1. The Hall–Kier alpha value is -1.56. The molecule has 1 amide bonds. The van der Waals surface area contributed by atoms with Crippen LogP contribution >= 0.6 is 0 Å². The minimum absolute atomic E-state index is 0.0980. The molecule has 1 aliphatic rings. The summed E-state index contributed by atoms with van der Waals surface area (Å²) in [4.78, 5) is 15.4. The summed E-state index contributed by atoms with van der Waals surface area (Å²) in [5.41, 5.74) is 2.61. The lowest BCUT2D eigenvalue weighted by molar-refractivity contribution is -0.148. The fourth-order valence-corrected chi connectivity index (χ4v) is 2.59. The number of hydrogen-bond acceptors (Lipinski definition) is 2. The first-order valence-corrected chi connectivity index (χ1v) is 6.92. The van der Waals surface area contributed by atoms with Crippen molar-refractivity contribution in [1.29, 1.82) is 0 Å². The number of benzene rings is 1. The van der Waals surface area contributed by atoms with Gasteiger partial charge in [0.15, 0.2) is 0 Å². The van der Waals surface area contributed by atoms with Crippen LogP contribution in [0.2, 0.25) is 0 Å². The Morgan fingerprint density at radius 3 is 2.29 bits per heavy atom. The lowest BCUT2D eigenvalue weighted by atomic mass is 10.0. The first-order valence-electron chi connectivity index (χ1n) is 6.92. The summed E-state index contributed by atoms with van der Waals surface area (Å²) in [7, 11) is 0. The zero-order chi connectivity index (χ0) is 15.6. The molecule has 0 spiro atoms. The van der Waals surface area contributed by atoms with Crippen molar-refractivity contribution < 1.29 is 18.0 Å². The molecular weight excluding hydrogens is 281 g/mol. The van der Waals surface area contributed by atoms with Crippen molar-refractivity contribution in [2.75, 3.05) is 32.7 Å². The van der Waals surface area contributed by atoms with Crippen LogP contribution in [-0.2, 0) is 0 Å². The average Bonchev–Trinajstić information content (AvgIpc) is 2.37. The predicted octanol–water partition coefficient (Wildman–Crippen LogP) is 2.62. The molecule has 0 N–H and O–H groups in total. The fourth-order valence-electron chi connectivity index (χ4n) is 2.59. The second-order valence-corrected chi connectivity index (χ2v) is 5.50. The number of carbonyl (C=O) groups is 1. The predicted molar refractivity (Wildman–Crippen MR) is 74.3 cm³/mol. The third kappa shape index (κ3) is 4.20. The number of hydrogen-bond donors (Lipinski definition) is 0. The third-order valence-electron chi connectivity index (χ3n) is 3.67.